The first-order valence-corrected chi connectivity index (χ1v) is 11.0. The zero-order chi connectivity index (χ0) is 23.4. The molecule has 176 valence electrons. The molecule has 0 radical (unpaired) electrons. The molecule has 7 nitrogen and oxygen atoms in total. The Morgan fingerprint density at radius 2 is 1.77 bits per heavy atom. The molecule has 1 aromatic rings. The summed E-state index contributed by atoms with van der Waals surface area (Å²) in [5.41, 5.74) is 2.87. The highest BCUT2D eigenvalue weighted by Crippen LogP contribution is 2.39. The number of carboxylic acid groups (broad SMARTS) is 2. The maximum Gasteiger partial charge on any atom is 0.414 e. The summed E-state index contributed by atoms with van der Waals surface area (Å²) < 4.78 is 5.96. The van der Waals surface area contributed by atoms with Gasteiger partial charge in [-0.2, -0.15) is 0 Å². The van der Waals surface area contributed by atoms with E-state index in [4.69, 9.17) is 24.5 Å². The number of benzene rings is 1. The van der Waals surface area contributed by atoms with Crippen molar-refractivity contribution in [3.8, 4) is 0 Å². The SMILES string of the molecule is Cc1ccc(C(CCNCCCN(C)C)C2CCOC(C)(C)C2)cc1.O=C(O)C(=O)O. The van der Waals surface area contributed by atoms with Crippen molar-refractivity contribution in [1.29, 1.82) is 0 Å². The third-order valence-electron chi connectivity index (χ3n) is 5.58. The van der Waals surface area contributed by atoms with Gasteiger partial charge in [-0.05, 0) is 97.6 Å². The van der Waals surface area contributed by atoms with Crippen molar-refractivity contribution in [3.63, 3.8) is 0 Å². The Morgan fingerprint density at radius 1 is 1.16 bits per heavy atom. The van der Waals surface area contributed by atoms with Crippen molar-refractivity contribution in [3.05, 3.63) is 35.4 Å². The van der Waals surface area contributed by atoms with Crippen LogP contribution in [0.15, 0.2) is 24.3 Å². The van der Waals surface area contributed by atoms with Crippen molar-refractivity contribution in [2.45, 2.75) is 58.0 Å². The third-order valence-corrected chi connectivity index (χ3v) is 5.58. The number of rotatable bonds is 9. The first-order valence-electron chi connectivity index (χ1n) is 11.0. The lowest BCUT2D eigenvalue weighted by atomic mass is 9.75. The Balaban J connectivity index is 0.000000703. The zero-order valence-corrected chi connectivity index (χ0v) is 19.7. The fraction of sp³-hybridized carbons (Fsp3) is 0.667. The largest absolute Gasteiger partial charge is 0.473 e. The van der Waals surface area contributed by atoms with Crippen LogP contribution in [0.1, 0.15) is 56.6 Å². The van der Waals surface area contributed by atoms with E-state index >= 15 is 0 Å². The minimum absolute atomic E-state index is 0.0189. The van der Waals surface area contributed by atoms with Gasteiger partial charge in [0, 0.05) is 6.61 Å². The Morgan fingerprint density at radius 3 is 2.29 bits per heavy atom. The molecule has 0 spiro atoms. The number of ether oxygens (including phenoxy) is 1. The maximum absolute atomic E-state index is 9.10. The average Bonchev–Trinajstić information content (AvgIpc) is 2.68. The Hall–Kier alpha value is -1.96. The maximum atomic E-state index is 9.10. The number of carbonyl (C=O) groups is 2. The Labute approximate surface area is 186 Å². The summed E-state index contributed by atoms with van der Waals surface area (Å²) in [5.74, 6) is -2.30. The molecule has 0 saturated carbocycles. The van der Waals surface area contributed by atoms with Crippen molar-refractivity contribution in [1.82, 2.24) is 10.2 Å². The molecule has 2 atom stereocenters. The molecular formula is C24H40N2O5. The number of nitrogens with one attached hydrogen (secondary N) is 1. The molecule has 3 N–H and O–H groups in total. The van der Waals surface area contributed by atoms with E-state index in [1.54, 1.807) is 0 Å². The lowest BCUT2D eigenvalue weighted by molar-refractivity contribution is -0.159. The molecule has 1 saturated heterocycles. The molecule has 1 aromatic carbocycles. The van der Waals surface area contributed by atoms with E-state index in [9.17, 15) is 0 Å². The first-order chi connectivity index (χ1) is 14.5. The first kappa shape index (κ1) is 27.1. The van der Waals surface area contributed by atoms with Crippen LogP contribution in [0.3, 0.4) is 0 Å². The molecule has 0 aliphatic carbocycles. The fourth-order valence-corrected chi connectivity index (χ4v) is 4.01. The molecule has 2 unspecified atom stereocenters. The molecule has 2 rings (SSSR count). The van der Waals surface area contributed by atoms with Crippen LogP contribution in [0.4, 0.5) is 0 Å². The van der Waals surface area contributed by atoms with E-state index in [-0.39, 0.29) is 5.60 Å². The van der Waals surface area contributed by atoms with Gasteiger partial charge in [-0.1, -0.05) is 29.8 Å². The lowest BCUT2D eigenvalue weighted by Gasteiger charge is -2.39. The number of nitrogens with zero attached hydrogens (tertiary/aromatic N) is 1. The van der Waals surface area contributed by atoms with Gasteiger partial charge in [0.05, 0.1) is 5.60 Å². The second-order valence-corrected chi connectivity index (χ2v) is 9.18. The van der Waals surface area contributed by atoms with Gasteiger partial charge in [-0.15, -0.1) is 0 Å². The topological polar surface area (TPSA) is 99.1 Å². The van der Waals surface area contributed by atoms with E-state index in [1.165, 1.54) is 30.4 Å². The molecular weight excluding hydrogens is 396 g/mol. The molecule has 1 heterocycles. The molecule has 0 bridgehead atoms. The van der Waals surface area contributed by atoms with Crippen molar-refractivity contribution in [2.75, 3.05) is 40.3 Å². The van der Waals surface area contributed by atoms with Gasteiger partial charge >= 0.3 is 11.9 Å². The Kier molecular flexibility index (Phi) is 11.7. The normalized spacial score (nSPS) is 18.7. The van der Waals surface area contributed by atoms with Crippen molar-refractivity contribution >= 4 is 11.9 Å². The van der Waals surface area contributed by atoms with Crippen LogP contribution in [-0.4, -0.2) is 73.0 Å². The van der Waals surface area contributed by atoms with E-state index < -0.39 is 11.9 Å². The predicted molar refractivity (Wildman–Crippen MR) is 123 cm³/mol. The molecule has 0 amide bonds. The summed E-state index contributed by atoms with van der Waals surface area (Å²) in [5, 5.41) is 18.4. The van der Waals surface area contributed by atoms with Gasteiger partial charge in [-0.25, -0.2) is 9.59 Å². The van der Waals surface area contributed by atoms with Crippen molar-refractivity contribution < 1.29 is 24.5 Å². The predicted octanol–water partition coefficient (Wildman–Crippen LogP) is 3.37. The van der Waals surface area contributed by atoms with Crippen LogP contribution < -0.4 is 5.32 Å². The van der Waals surface area contributed by atoms with Gasteiger partial charge in [0.2, 0.25) is 0 Å². The lowest BCUT2D eigenvalue weighted by Crippen LogP contribution is -2.37. The summed E-state index contributed by atoms with van der Waals surface area (Å²) in [6.07, 6.45) is 4.77. The summed E-state index contributed by atoms with van der Waals surface area (Å²) in [6, 6.07) is 9.21. The summed E-state index contributed by atoms with van der Waals surface area (Å²) in [7, 11) is 4.28. The van der Waals surface area contributed by atoms with Crippen LogP contribution >= 0.6 is 0 Å². The van der Waals surface area contributed by atoms with E-state index in [1.807, 2.05) is 0 Å². The van der Waals surface area contributed by atoms with Crippen molar-refractivity contribution in [2.24, 2.45) is 5.92 Å². The average molecular weight is 437 g/mol. The molecule has 7 heteroatoms. The molecule has 31 heavy (non-hydrogen) atoms. The van der Waals surface area contributed by atoms with Gasteiger partial charge in [0.15, 0.2) is 0 Å². The number of hydrogen-bond acceptors (Lipinski definition) is 5. The molecule has 0 aromatic heterocycles. The summed E-state index contributed by atoms with van der Waals surface area (Å²) >= 11 is 0. The van der Waals surface area contributed by atoms with Crippen LogP contribution in [0, 0.1) is 12.8 Å². The van der Waals surface area contributed by atoms with Gasteiger partial charge in [0.25, 0.3) is 0 Å². The Bertz CT molecular complexity index is 661. The van der Waals surface area contributed by atoms with E-state index in [0.717, 1.165) is 38.6 Å². The van der Waals surface area contributed by atoms with Gasteiger partial charge in [0.1, 0.15) is 0 Å². The number of aryl methyl sites for hydroxylation is 1. The molecule has 1 aliphatic rings. The second-order valence-electron chi connectivity index (χ2n) is 9.18. The van der Waals surface area contributed by atoms with Gasteiger partial charge in [-0.3, -0.25) is 0 Å². The monoisotopic (exact) mass is 436 g/mol. The van der Waals surface area contributed by atoms with E-state index in [2.05, 4.69) is 69.3 Å². The zero-order valence-electron chi connectivity index (χ0n) is 19.7. The molecule has 1 fully saturated rings. The van der Waals surface area contributed by atoms with E-state index in [0.29, 0.717) is 5.92 Å². The smallest absolute Gasteiger partial charge is 0.414 e. The van der Waals surface area contributed by atoms with Crippen LogP contribution in [0.5, 0.6) is 0 Å². The highest BCUT2D eigenvalue weighted by atomic mass is 16.5. The summed E-state index contributed by atoms with van der Waals surface area (Å²) in [6.45, 7) is 10.9. The summed E-state index contributed by atoms with van der Waals surface area (Å²) in [4.78, 5) is 20.4. The fourth-order valence-electron chi connectivity index (χ4n) is 4.01. The standard InChI is InChI=1S/C22H38N2O.C2H2O4/c1-18-7-9-19(10-8-18)21(11-14-23-13-6-15-24(4)5)20-12-16-25-22(2,3)17-20;3-1(4)2(5)6/h7-10,20-21,23H,6,11-17H2,1-5H3;(H,3,4)(H,5,6). The highest BCUT2D eigenvalue weighted by molar-refractivity contribution is 6.27. The number of carboxylic acids is 2. The van der Waals surface area contributed by atoms with Gasteiger partial charge < -0.3 is 25.2 Å². The van der Waals surface area contributed by atoms with Crippen LogP contribution in [0.2, 0.25) is 0 Å². The second kappa shape index (κ2) is 13.5. The number of hydrogen-bond donors (Lipinski definition) is 3. The van der Waals surface area contributed by atoms with Crippen LogP contribution in [-0.2, 0) is 14.3 Å². The number of aliphatic carboxylic acids is 2. The third kappa shape index (κ3) is 11.3. The molecule has 1 aliphatic heterocycles. The minimum atomic E-state index is -1.82. The quantitative estimate of drug-likeness (QED) is 0.403. The minimum Gasteiger partial charge on any atom is -0.473 e. The highest BCUT2D eigenvalue weighted by Gasteiger charge is 2.33. The van der Waals surface area contributed by atoms with Crippen LogP contribution in [0.25, 0.3) is 0 Å².